The van der Waals surface area contributed by atoms with Crippen molar-refractivity contribution in [2.45, 2.75) is 45.6 Å². The van der Waals surface area contributed by atoms with E-state index >= 15 is 0 Å². The predicted octanol–water partition coefficient (Wildman–Crippen LogP) is 5.25. The average Bonchev–Trinajstić information content (AvgIpc) is 3.33. The van der Waals surface area contributed by atoms with Crippen LogP contribution in [0.5, 0.6) is 0 Å². The van der Waals surface area contributed by atoms with E-state index in [9.17, 15) is 0 Å². The number of aryl methyl sites for hydroxylation is 2. The van der Waals surface area contributed by atoms with Gasteiger partial charge in [0.2, 0.25) is 0 Å². The fourth-order valence-corrected chi connectivity index (χ4v) is 4.83. The number of halogens is 2. The van der Waals surface area contributed by atoms with E-state index in [1.165, 1.54) is 25.7 Å². The zero-order valence-electron chi connectivity index (χ0n) is 17.2. The third-order valence-corrected chi connectivity index (χ3v) is 6.17. The molecule has 7 heteroatoms. The highest BCUT2D eigenvalue weighted by Crippen LogP contribution is 2.39. The molecule has 1 aliphatic rings. The molecule has 3 aromatic rings. The van der Waals surface area contributed by atoms with Gasteiger partial charge in [0.1, 0.15) is 5.82 Å². The molecule has 0 aliphatic heterocycles. The molecule has 0 spiro atoms. The molecule has 30 heavy (non-hydrogen) atoms. The molecule has 2 N–H and O–H groups in total. The van der Waals surface area contributed by atoms with Gasteiger partial charge in [-0.05, 0) is 38.8 Å². The van der Waals surface area contributed by atoms with Crippen LogP contribution in [0, 0.1) is 26.2 Å². The number of benzene rings is 1. The Morgan fingerprint density at radius 2 is 1.80 bits per heavy atom. The minimum Gasteiger partial charge on any atom is -0.369 e. The van der Waals surface area contributed by atoms with Crippen LogP contribution in [-0.2, 0) is 0 Å². The summed E-state index contributed by atoms with van der Waals surface area (Å²) in [6, 6.07) is 6.15. The first kappa shape index (κ1) is 21.0. The normalized spacial score (nSPS) is 14.4. The molecule has 1 aromatic carbocycles. The number of hydrogen-bond donors (Lipinski definition) is 2. The first-order valence-corrected chi connectivity index (χ1v) is 11.0. The minimum atomic E-state index is 0.493. The van der Waals surface area contributed by atoms with E-state index in [1.807, 2.05) is 24.4 Å². The monoisotopic (exact) mass is 441 g/mol. The van der Waals surface area contributed by atoms with Crippen LogP contribution >= 0.6 is 23.2 Å². The van der Waals surface area contributed by atoms with E-state index in [2.05, 4.69) is 16.6 Å². The number of hydrogen-bond acceptors (Lipinski definition) is 4. The van der Waals surface area contributed by atoms with Crippen LogP contribution < -0.4 is 10.6 Å². The molecule has 0 amide bonds. The number of aromatic nitrogens is 3. The van der Waals surface area contributed by atoms with Crippen molar-refractivity contribution in [3.05, 3.63) is 45.2 Å². The van der Waals surface area contributed by atoms with E-state index in [0.717, 1.165) is 41.5 Å². The first-order valence-electron chi connectivity index (χ1n) is 10.3. The maximum atomic E-state index is 6.55. The third-order valence-electron chi connectivity index (χ3n) is 5.57. The minimum absolute atomic E-state index is 0.493. The molecule has 5 nitrogen and oxygen atoms in total. The molecule has 156 valence electrons. The van der Waals surface area contributed by atoms with Crippen LogP contribution in [0.2, 0.25) is 10.0 Å². The van der Waals surface area contributed by atoms with Crippen LogP contribution in [0.4, 0.5) is 5.82 Å². The Labute approximate surface area is 187 Å². The highest BCUT2D eigenvalue weighted by molar-refractivity contribution is 6.39. The second-order valence-electron chi connectivity index (χ2n) is 7.80. The van der Waals surface area contributed by atoms with Gasteiger partial charge in [-0.3, -0.25) is 0 Å². The maximum absolute atomic E-state index is 6.55. The molecule has 2 heterocycles. The zero-order chi connectivity index (χ0) is 21.3. The van der Waals surface area contributed by atoms with Crippen molar-refractivity contribution in [2.75, 3.05) is 18.4 Å². The van der Waals surface area contributed by atoms with E-state index in [0.29, 0.717) is 27.2 Å². The Morgan fingerprint density at radius 3 is 2.47 bits per heavy atom. The summed E-state index contributed by atoms with van der Waals surface area (Å²) in [4.78, 5) is 4.74. The fraction of sp³-hybridized carbons (Fsp3) is 0.391. The first-order chi connectivity index (χ1) is 14.5. The van der Waals surface area contributed by atoms with E-state index in [-0.39, 0.29) is 0 Å². The molecule has 1 aliphatic carbocycles. The highest BCUT2D eigenvalue weighted by Gasteiger charge is 2.21. The van der Waals surface area contributed by atoms with Crippen molar-refractivity contribution < 1.29 is 0 Å². The Morgan fingerprint density at radius 1 is 1.10 bits per heavy atom. The van der Waals surface area contributed by atoms with Crippen molar-refractivity contribution in [3.63, 3.8) is 0 Å². The fourth-order valence-electron chi connectivity index (χ4n) is 4.16. The lowest BCUT2D eigenvalue weighted by Crippen LogP contribution is -2.31. The van der Waals surface area contributed by atoms with Crippen molar-refractivity contribution in [1.29, 1.82) is 0 Å². The van der Waals surface area contributed by atoms with E-state index in [1.54, 1.807) is 12.1 Å². The van der Waals surface area contributed by atoms with E-state index < -0.39 is 0 Å². The molecule has 4 rings (SSSR count). The summed E-state index contributed by atoms with van der Waals surface area (Å²) in [5.74, 6) is 3.47. The summed E-state index contributed by atoms with van der Waals surface area (Å²) in [5, 5.41) is 12.8. The van der Waals surface area contributed by atoms with E-state index in [4.69, 9.17) is 39.7 Å². The van der Waals surface area contributed by atoms with Gasteiger partial charge >= 0.3 is 0 Å². The summed E-state index contributed by atoms with van der Waals surface area (Å²) >= 11 is 13.1. The van der Waals surface area contributed by atoms with Gasteiger partial charge in [-0.1, -0.05) is 42.0 Å². The molecule has 1 saturated carbocycles. The van der Waals surface area contributed by atoms with Gasteiger partial charge in [0.05, 0.1) is 21.3 Å². The van der Waals surface area contributed by atoms with Crippen LogP contribution in [-0.4, -0.2) is 33.7 Å². The topological polar surface area (TPSA) is 54.2 Å². The number of nitrogens with one attached hydrogen (secondary N) is 2. The van der Waals surface area contributed by atoms with Crippen LogP contribution in [0.1, 0.15) is 42.6 Å². The van der Waals surface area contributed by atoms with Crippen molar-refractivity contribution in [1.82, 2.24) is 19.9 Å². The lowest BCUT2D eigenvalue weighted by molar-refractivity contribution is 0.535. The second kappa shape index (κ2) is 8.85. The molecule has 2 aromatic heterocycles. The number of anilines is 1. The van der Waals surface area contributed by atoms with Gasteiger partial charge in [-0.2, -0.15) is 9.61 Å². The standard InChI is InChI=1S/C23H25Cl2N5/c1-4-16-12-18(24)22(19(25)13-16)21-15(3)29-30-20(11-14(2)28-23(21)30)27-10-9-26-17-7-5-6-8-17/h1,11-13,17,26-27H,5-10H2,2-3H3. The molecule has 0 bridgehead atoms. The second-order valence-corrected chi connectivity index (χ2v) is 8.61. The van der Waals surface area contributed by atoms with Crippen LogP contribution in [0.3, 0.4) is 0 Å². The lowest BCUT2D eigenvalue weighted by atomic mass is 10.0. The predicted molar refractivity (Wildman–Crippen MR) is 125 cm³/mol. The lowest BCUT2D eigenvalue weighted by Gasteiger charge is -2.14. The van der Waals surface area contributed by atoms with Gasteiger partial charge in [0, 0.05) is 42.0 Å². The quantitative estimate of drug-likeness (QED) is 0.405. The van der Waals surface area contributed by atoms with Gasteiger partial charge in [-0.25, -0.2) is 4.98 Å². The van der Waals surface area contributed by atoms with Gasteiger partial charge < -0.3 is 10.6 Å². The molecule has 1 fully saturated rings. The summed E-state index contributed by atoms with van der Waals surface area (Å²) < 4.78 is 1.83. The Balaban J connectivity index is 1.67. The molecule has 0 radical (unpaired) electrons. The molecule has 0 saturated heterocycles. The molecule has 0 atom stereocenters. The van der Waals surface area contributed by atoms with Crippen molar-refractivity contribution in [3.8, 4) is 23.5 Å². The third kappa shape index (κ3) is 4.13. The Bertz CT molecular complexity index is 1100. The van der Waals surface area contributed by atoms with Crippen molar-refractivity contribution in [2.24, 2.45) is 0 Å². The van der Waals surface area contributed by atoms with Crippen LogP contribution in [0.15, 0.2) is 18.2 Å². The molecule has 0 unspecified atom stereocenters. The largest absolute Gasteiger partial charge is 0.369 e. The highest BCUT2D eigenvalue weighted by atomic mass is 35.5. The number of fused-ring (bicyclic) bond motifs is 1. The van der Waals surface area contributed by atoms with Gasteiger partial charge in [0.15, 0.2) is 5.65 Å². The van der Waals surface area contributed by atoms with Gasteiger partial charge in [0.25, 0.3) is 0 Å². The number of nitrogens with zero attached hydrogens (tertiary/aromatic N) is 3. The zero-order valence-corrected chi connectivity index (χ0v) is 18.7. The number of rotatable bonds is 6. The Hall–Kier alpha value is -2.26. The Kier molecular flexibility index (Phi) is 6.19. The maximum Gasteiger partial charge on any atom is 0.165 e. The molecular weight excluding hydrogens is 417 g/mol. The van der Waals surface area contributed by atoms with Crippen molar-refractivity contribution >= 4 is 34.7 Å². The molecular formula is C23H25Cl2N5. The summed E-state index contributed by atoms with van der Waals surface area (Å²) in [6.07, 6.45) is 10.7. The summed E-state index contributed by atoms with van der Waals surface area (Å²) in [6.45, 7) is 5.62. The summed E-state index contributed by atoms with van der Waals surface area (Å²) in [5.41, 5.74) is 4.58. The van der Waals surface area contributed by atoms with Gasteiger partial charge in [-0.15, -0.1) is 6.42 Å². The average molecular weight is 442 g/mol. The number of terminal acetylenes is 1. The SMILES string of the molecule is C#Cc1cc(Cl)c(-c2c(C)nn3c(NCCNC4CCCC4)cc(C)nc23)c(Cl)c1. The summed E-state index contributed by atoms with van der Waals surface area (Å²) in [7, 11) is 0. The smallest absolute Gasteiger partial charge is 0.165 e. The van der Waals surface area contributed by atoms with Crippen LogP contribution in [0.25, 0.3) is 16.8 Å².